The van der Waals surface area contributed by atoms with Gasteiger partial charge in [0.15, 0.2) is 11.5 Å². The first-order valence-corrected chi connectivity index (χ1v) is 12.4. The van der Waals surface area contributed by atoms with Gasteiger partial charge in [-0.15, -0.1) is 0 Å². The number of likely N-dealkylation sites (N-methyl/N-ethyl adjacent to an activating group) is 1. The number of aromatic hydroxyl groups is 1. The maximum atomic E-state index is 13.1. The van der Waals surface area contributed by atoms with Gasteiger partial charge < -0.3 is 24.7 Å². The van der Waals surface area contributed by atoms with Crippen molar-refractivity contribution in [1.82, 2.24) is 9.80 Å². The van der Waals surface area contributed by atoms with Crippen LogP contribution in [-0.4, -0.2) is 71.4 Å². The Labute approximate surface area is 207 Å². The molecule has 1 heterocycles. The molecule has 6 heteroatoms. The van der Waals surface area contributed by atoms with Gasteiger partial charge >= 0.3 is 0 Å². The Hall–Kier alpha value is -3.01. The van der Waals surface area contributed by atoms with Gasteiger partial charge in [0.25, 0.3) is 5.91 Å². The Kier molecular flexibility index (Phi) is 5.82. The maximum absolute atomic E-state index is 13.1. The number of fused-ring (bicyclic) bond motifs is 1. The van der Waals surface area contributed by atoms with E-state index in [1.54, 1.807) is 18.1 Å². The number of hydrogen-bond acceptors (Lipinski definition) is 5. The molecule has 0 unspecified atom stereocenters. The number of phenols is 1. The van der Waals surface area contributed by atoms with Gasteiger partial charge in [0.2, 0.25) is 0 Å². The topological polar surface area (TPSA) is 73.2 Å². The average Bonchev–Trinajstić information content (AvgIpc) is 2.84. The Morgan fingerprint density at radius 1 is 1.26 bits per heavy atom. The zero-order valence-corrected chi connectivity index (χ0v) is 21.0. The first-order chi connectivity index (χ1) is 16.7. The lowest BCUT2D eigenvalue weighted by atomic mass is 9.48. The summed E-state index contributed by atoms with van der Waals surface area (Å²) in [7, 11) is 5.47. The summed E-state index contributed by atoms with van der Waals surface area (Å²) >= 11 is 0. The number of hydrogen-bond donors (Lipinski definition) is 2. The summed E-state index contributed by atoms with van der Waals surface area (Å²) in [5, 5.41) is 22.9. The number of ether oxygens (including phenoxy) is 1. The number of carbonyl (C=O) groups is 1. The van der Waals surface area contributed by atoms with Crippen molar-refractivity contribution in [2.24, 2.45) is 0 Å². The van der Waals surface area contributed by atoms with Crippen LogP contribution >= 0.6 is 0 Å². The van der Waals surface area contributed by atoms with Crippen molar-refractivity contribution in [1.29, 1.82) is 0 Å². The van der Waals surface area contributed by atoms with Crippen LogP contribution in [0.5, 0.6) is 11.5 Å². The number of piperidine rings is 1. The predicted molar refractivity (Wildman–Crippen MR) is 134 cm³/mol. The molecule has 2 bridgehead atoms. The van der Waals surface area contributed by atoms with Gasteiger partial charge in [-0.1, -0.05) is 24.1 Å². The molecule has 2 N–H and O–H groups in total. The maximum Gasteiger partial charge on any atom is 0.298 e. The van der Waals surface area contributed by atoms with Crippen LogP contribution in [0.15, 0.2) is 36.4 Å². The minimum absolute atomic E-state index is 0.0129. The highest BCUT2D eigenvalue weighted by Gasteiger charge is 2.65. The number of phenolic OH excluding ortho intramolecular Hbond substituents is 1. The number of aliphatic hydroxyl groups is 1. The molecule has 0 aromatic heterocycles. The molecule has 0 spiro atoms. The van der Waals surface area contributed by atoms with E-state index in [1.807, 2.05) is 44.3 Å². The summed E-state index contributed by atoms with van der Waals surface area (Å²) in [4.78, 5) is 17.1. The van der Waals surface area contributed by atoms with Crippen LogP contribution in [0, 0.1) is 18.8 Å². The minimum atomic E-state index is -0.957. The van der Waals surface area contributed by atoms with Gasteiger partial charge in [0.1, 0.15) is 0 Å². The molecule has 2 fully saturated rings. The SMILES string of the molecule is COc1c(O)ccc2c1[C@]13CCN(C)[C@H](C2)[C@]1(O)CC[C@H](N(C)C(=O)C#Cc1cccc(C)c1)C3. The second-order valence-electron chi connectivity index (χ2n) is 10.5. The van der Waals surface area contributed by atoms with E-state index in [0.29, 0.717) is 31.4 Å². The zero-order chi connectivity index (χ0) is 25.0. The molecule has 2 aromatic carbocycles. The van der Waals surface area contributed by atoms with Crippen LogP contribution < -0.4 is 4.74 Å². The fourth-order valence-electron chi connectivity index (χ4n) is 6.92. The lowest BCUT2D eigenvalue weighted by Gasteiger charge is -2.64. The Morgan fingerprint density at radius 2 is 2.06 bits per heavy atom. The molecule has 1 aliphatic heterocycles. The van der Waals surface area contributed by atoms with E-state index < -0.39 is 11.0 Å². The lowest BCUT2D eigenvalue weighted by molar-refractivity contribution is -0.173. The number of rotatable bonds is 2. The van der Waals surface area contributed by atoms with Crippen LogP contribution in [-0.2, 0) is 16.6 Å². The lowest BCUT2D eigenvalue weighted by Crippen LogP contribution is -2.73. The summed E-state index contributed by atoms with van der Waals surface area (Å²) in [6.07, 6.45) is 3.33. The second-order valence-corrected chi connectivity index (χ2v) is 10.5. The molecule has 0 radical (unpaired) electrons. The summed E-state index contributed by atoms with van der Waals surface area (Å²) in [5.74, 6) is 6.15. The Morgan fingerprint density at radius 3 is 2.80 bits per heavy atom. The number of benzene rings is 2. The van der Waals surface area contributed by atoms with E-state index in [4.69, 9.17) is 4.74 Å². The smallest absolute Gasteiger partial charge is 0.298 e. The van der Waals surface area contributed by atoms with Crippen molar-refractivity contribution < 1.29 is 19.7 Å². The van der Waals surface area contributed by atoms with Gasteiger partial charge in [0.05, 0.1) is 12.7 Å². The van der Waals surface area contributed by atoms with Crippen molar-refractivity contribution in [2.75, 3.05) is 27.7 Å². The van der Waals surface area contributed by atoms with Crippen molar-refractivity contribution >= 4 is 5.91 Å². The van der Waals surface area contributed by atoms with Gasteiger partial charge in [-0.05, 0) is 81.9 Å². The fourth-order valence-corrected chi connectivity index (χ4v) is 6.92. The largest absolute Gasteiger partial charge is 0.504 e. The fraction of sp³-hybridized carbons (Fsp3) is 0.483. The van der Waals surface area contributed by atoms with Crippen LogP contribution in [0.1, 0.15) is 47.9 Å². The molecule has 2 aliphatic carbocycles. The van der Waals surface area contributed by atoms with Crippen LogP contribution in [0.25, 0.3) is 0 Å². The summed E-state index contributed by atoms with van der Waals surface area (Å²) in [6, 6.07) is 11.4. The molecule has 3 aliphatic rings. The van der Waals surface area contributed by atoms with Crippen LogP contribution in [0.2, 0.25) is 0 Å². The normalized spacial score (nSPS) is 29.3. The van der Waals surface area contributed by atoms with Crippen molar-refractivity contribution in [3.8, 4) is 23.3 Å². The second kappa shape index (κ2) is 8.58. The van der Waals surface area contributed by atoms with Gasteiger partial charge in [0, 0.05) is 41.6 Å². The molecule has 4 atom stereocenters. The number of aryl methyl sites for hydroxylation is 1. The average molecular weight is 475 g/mol. The number of nitrogens with zero attached hydrogens (tertiary/aromatic N) is 2. The van der Waals surface area contributed by atoms with Gasteiger partial charge in [-0.3, -0.25) is 4.79 Å². The first-order valence-electron chi connectivity index (χ1n) is 12.4. The zero-order valence-electron chi connectivity index (χ0n) is 21.0. The summed E-state index contributed by atoms with van der Waals surface area (Å²) in [6.45, 7) is 2.84. The standard InChI is InChI=1S/C29H34N2O4/c1-19-6-5-7-20(16-19)8-11-25(33)31(3)22-12-13-29(34)24-17-21-9-10-23(32)27(35-4)26(21)28(29,18-22)14-15-30(24)2/h5-7,9-10,16,22,24,32,34H,12-15,17-18H2,1-4H3/t22-,24+,28+,29+/m0/s1. The Bertz CT molecular complexity index is 1230. The molecular formula is C29H34N2O4. The molecule has 6 nitrogen and oxygen atoms in total. The van der Waals surface area contributed by atoms with E-state index in [1.165, 1.54) is 0 Å². The number of carbonyl (C=O) groups excluding carboxylic acids is 1. The van der Waals surface area contributed by atoms with E-state index in [2.05, 4.69) is 23.8 Å². The quantitative estimate of drug-likeness (QED) is 0.655. The molecule has 1 saturated heterocycles. The van der Waals surface area contributed by atoms with Crippen LogP contribution in [0.4, 0.5) is 0 Å². The van der Waals surface area contributed by atoms with Crippen LogP contribution in [0.3, 0.4) is 0 Å². The molecule has 1 amide bonds. The third-order valence-corrected chi connectivity index (χ3v) is 8.77. The van der Waals surface area contributed by atoms with Gasteiger partial charge in [-0.25, -0.2) is 0 Å². The monoisotopic (exact) mass is 474 g/mol. The summed E-state index contributed by atoms with van der Waals surface area (Å²) in [5.41, 5.74) is 2.39. The molecular weight excluding hydrogens is 440 g/mol. The molecule has 1 saturated carbocycles. The van der Waals surface area contributed by atoms with E-state index in [-0.39, 0.29) is 23.7 Å². The highest BCUT2D eigenvalue weighted by atomic mass is 16.5. The van der Waals surface area contributed by atoms with E-state index in [0.717, 1.165) is 35.2 Å². The summed E-state index contributed by atoms with van der Waals surface area (Å²) < 4.78 is 5.71. The third kappa shape index (κ3) is 3.61. The number of likely N-dealkylation sites (tertiary alicyclic amines) is 1. The van der Waals surface area contributed by atoms with E-state index >= 15 is 0 Å². The molecule has 184 valence electrons. The number of amides is 1. The molecule has 5 rings (SSSR count). The Balaban J connectivity index is 1.51. The molecule has 2 aromatic rings. The van der Waals surface area contributed by atoms with E-state index in [9.17, 15) is 15.0 Å². The predicted octanol–water partition coefficient (Wildman–Crippen LogP) is 3.00. The molecule has 35 heavy (non-hydrogen) atoms. The van der Waals surface area contributed by atoms with Crippen molar-refractivity contribution in [3.63, 3.8) is 0 Å². The highest BCUT2D eigenvalue weighted by molar-refractivity contribution is 5.94. The third-order valence-electron chi connectivity index (χ3n) is 8.77. The van der Waals surface area contributed by atoms with Crippen molar-refractivity contribution in [2.45, 2.75) is 62.1 Å². The highest BCUT2D eigenvalue weighted by Crippen LogP contribution is 2.61. The van der Waals surface area contributed by atoms with Gasteiger partial charge in [-0.2, -0.15) is 0 Å². The first kappa shape index (κ1) is 23.7. The minimum Gasteiger partial charge on any atom is -0.504 e. The van der Waals surface area contributed by atoms with Crippen molar-refractivity contribution in [3.05, 3.63) is 58.7 Å². The number of methoxy groups -OCH3 is 1.